The average Bonchev–Trinajstić information content (AvgIpc) is 1.61. The standard InChI is InChI=1S/C5H14BN/c1-4-6-7-5(2)3/h5-7H,4H2,1-3H3. The maximum absolute atomic E-state index is 3.30. The van der Waals surface area contributed by atoms with E-state index in [1.165, 1.54) is 6.32 Å². The van der Waals surface area contributed by atoms with E-state index in [0.717, 1.165) is 7.41 Å². The van der Waals surface area contributed by atoms with Crippen molar-refractivity contribution in [1.29, 1.82) is 0 Å². The van der Waals surface area contributed by atoms with Crippen LogP contribution in [0.1, 0.15) is 20.8 Å². The highest BCUT2D eigenvalue weighted by Crippen LogP contribution is 1.74. The Morgan fingerprint density at radius 1 is 1.57 bits per heavy atom. The fourth-order valence-corrected chi connectivity index (χ4v) is 0.433. The third-order valence-electron chi connectivity index (χ3n) is 0.803. The molecule has 0 fully saturated rings. The molecule has 0 aromatic carbocycles. The summed E-state index contributed by atoms with van der Waals surface area (Å²) in [6, 6.07) is 0.653. The second-order valence-corrected chi connectivity index (χ2v) is 2.11. The van der Waals surface area contributed by atoms with Gasteiger partial charge in [-0.3, -0.25) is 0 Å². The minimum Gasteiger partial charge on any atom is -0.357 e. The Kier molecular flexibility index (Phi) is 4.21. The van der Waals surface area contributed by atoms with E-state index in [1.807, 2.05) is 0 Å². The second-order valence-electron chi connectivity index (χ2n) is 2.11. The zero-order chi connectivity index (χ0) is 5.70. The number of rotatable bonds is 3. The molecule has 0 bridgehead atoms. The topological polar surface area (TPSA) is 12.0 Å². The van der Waals surface area contributed by atoms with Crippen molar-refractivity contribution in [3.05, 3.63) is 0 Å². The maximum atomic E-state index is 3.30. The lowest BCUT2D eigenvalue weighted by atomic mass is 9.90. The summed E-state index contributed by atoms with van der Waals surface area (Å²) in [6.07, 6.45) is 1.23. The molecule has 0 rings (SSSR count). The lowest BCUT2D eigenvalue weighted by molar-refractivity contribution is 0.751. The van der Waals surface area contributed by atoms with Crippen LogP contribution in [0.2, 0.25) is 6.32 Å². The first kappa shape index (κ1) is 7.02. The smallest absolute Gasteiger partial charge is 0.201 e. The quantitative estimate of drug-likeness (QED) is 0.515. The van der Waals surface area contributed by atoms with Crippen molar-refractivity contribution in [2.75, 3.05) is 0 Å². The Morgan fingerprint density at radius 3 is 2.29 bits per heavy atom. The van der Waals surface area contributed by atoms with Gasteiger partial charge in [-0.25, -0.2) is 0 Å². The number of hydrogen-bond acceptors (Lipinski definition) is 1. The fraction of sp³-hybridized carbons (Fsp3) is 1.00. The molecule has 7 heavy (non-hydrogen) atoms. The molecule has 0 radical (unpaired) electrons. The monoisotopic (exact) mass is 99.1 g/mol. The zero-order valence-corrected chi connectivity index (χ0v) is 5.49. The Hall–Kier alpha value is 0.0249. The van der Waals surface area contributed by atoms with E-state index < -0.39 is 0 Å². The van der Waals surface area contributed by atoms with Crippen LogP contribution in [0.3, 0.4) is 0 Å². The van der Waals surface area contributed by atoms with Gasteiger partial charge in [0.1, 0.15) is 0 Å². The van der Waals surface area contributed by atoms with E-state index in [0.29, 0.717) is 6.04 Å². The second kappa shape index (κ2) is 4.19. The summed E-state index contributed by atoms with van der Waals surface area (Å²) in [5.74, 6) is 0. The SMILES string of the molecule is CCBNC(C)C. The molecule has 0 aliphatic heterocycles. The molecule has 0 aliphatic carbocycles. The highest BCUT2D eigenvalue weighted by molar-refractivity contribution is 6.31. The van der Waals surface area contributed by atoms with Crippen molar-refractivity contribution in [1.82, 2.24) is 5.23 Å². The van der Waals surface area contributed by atoms with Gasteiger partial charge in [0.2, 0.25) is 7.41 Å². The van der Waals surface area contributed by atoms with E-state index in [4.69, 9.17) is 0 Å². The molecule has 0 aromatic heterocycles. The van der Waals surface area contributed by atoms with Crippen molar-refractivity contribution < 1.29 is 0 Å². The van der Waals surface area contributed by atoms with Gasteiger partial charge in [0.05, 0.1) is 0 Å². The minimum absolute atomic E-state index is 0.653. The number of hydrogen-bond donors (Lipinski definition) is 1. The summed E-state index contributed by atoms with van der Waals surface area (Å²) >= 11 is 0. The molecule has 0 aliphatic rings. The molecule has 0 saturated heterocycles. The van der Waals surface area contributed by atoms with Crippen molar-refractivity contribution in [3.63, 3.8) is 0 Å². The van der Waals surface area contributed by atoms with Crippen LogP contribution in [-0.4, -0.2) is 13.5 Å². The molecular weight excluding hydrogens is 84.9 g/mol. The predicted molar refractivity (Wildman–Crippen MR) is 35.9 cm³/mol. The first-order valence-electron chi connectivity index (χ1n) is 3.00. The average molecular weight is 99.0 g/mol. The van der Waals surface area contributed by atoms with Gasteiger partial charge in [0.15, 0.2) is 0 Å². The summed E-state index contributed by atoms with van der Waals surface area (Å²) in [4.78, 5) is 0. The van der Waals surface area contributed by atoms with Gasteiger partial charge in [-0.2, -0.15) is 0 Å². The summed E-state index contributed by atoms with van der Waals surface area (Å²) in [5.41, 5.74) is 0. The molecule has 0 saturated carbocycles. The van der Waals surface area contributed by atoms with Crippen LogP contribution in [0.25, 0.3) is 0 Å². The lowest BCUT2D eigenvalue weighted by Gasteiger charge is -2.02. The molecule has 42 valence electrons. The Balaban J connectivity index is 2.68. The van der Waals surface area contributed by atoms with Crippen molar-refractivity contribution in [2.24, 2.45) is 0 Å². The molecule has 0 atom stereocenters. The third-order valence-corrected chi connectivity index (χ3v) is 0.803. The normalized spacial score (nSPS) is 9.71. The maximum Gasteiger partial charge on any atom is 0.201 e. The van der Waals surface area contributed by atoms with Crippen LogP contribution >= 0.6 is 0 Å². The van der Waals surface area contributed by atoms with E-state index in [9.17, 15) is 0 Å². The molecule has 0 unspecified atom stereocenters. The van der Waals surface area contributed by atoms with Crippen LogP contribution in [-0.2, 0) is 0 Å². The Labute approximate surface area is 46.8 Å². The zero-order valence-electron chi connectivity index (χ0n) is 5.49. The Bertz CT molecular complexity index is 37.1. The van der Waals surface area contributed by atoms with Gasteiger partial charge < -0.3 is 5.23 Å². The molecule has 2 heteroatoms. The van der Waals surface area contributed by atoms with Crippen LogP contribution in [0.15, 0.2) is 0 Å². The molecule has 0 spiro atoms. The first-order chi connectivity index (χ1) is 3.27. The van der Waals surface area contributed by atoms with Gasteiger partial charge in [0.25, 0.3) is 0 Å². The van der Waals surface area contributed by atoms with E-state index in [2.05, 4.69) is 26.0 Å². The Morgan fingerprint density at radius 2 is 2.14 bits per heavy atom. The molecular formula is C5H14BN. The summed E-state index contributed by atoms with van der Waals surface area (Å²) in [6.45, 7) is 6.50. The van der Waals surface area contributed by atoms with Crippen LogP contribution in [0.4, 0.5) is 0 Å². The molecule has 1 nitrogen and oxygen atoms in total. The van der Waals surface area contributed by atoms with Crippen LogP contribution < -0.4 is 5.23 Å². The van der Waals surface area contributed by atoms with Gasteiger partial charge in [0, 0.05) is 0 Å². The predicted octanol–water partition coefficient (Wildman–Crippen LogP) is 0.774. The molecule has 0 amide bonds. The first-order valence-corrected chi connectivity index (χ1v) is 3.00. The van der Waals surface area contributed by atoms with Crippen LogP contribution in [0, 0.1) is 0 Å². The highest BCUT2D eigenvalue weighted by atomic mass is 14.8. The third kappa shape index (κ3) is 6.02. The summed E-state index contributed by atoms with van der Waals surface area (Å²) in [5, 5.41) is 3.30. The van der Waals surface area contributed by atoms with E-state index >= 15 is 0 Å². The van der Waals surface area contributed by atoms with Crippen LogP contribution in [0.5, 0.6) is 0 Å². The van der Waals surface area contributed by atoms with Crippen molar-refractivity contribution in [2.45, 2.75) is 33.1 Å². The van der Waals surface area contributed by atoms with Gasteiger partial charge in [-0.1, -0.05) is 27.1 Å². The largest absolute Gasteiger partial charge is 0.357 e. The van der Waals surface area contributed by atoms with Crippen molar-refractivity contribution >= 4 is 7.41 Å². The van der Waals surface area contributed by atoms with Crippen molar-refractivity contribution in [3.8, 4) is 0 Å². The minimum atomic E-state index is 0.653. The summed E-state index contributed by atoms with van der Waals surface area (Å²) in [7, 11) is 1.15. The lowest BCUT2D eigenvalue weighted by Crippen LogP contribution is -2.25. The van der Waals surface area contributed by atoms with E-state index in [-0.39, 0.29) is 0 Å². The fourth-order valence-electron chi connectivity index (χ4n) is 0.433. The highest BCUT2D eigenvalue weighted by Gasteiger charge is 1.87. The molecule has 0 aromatic rings. The van der Waals surface area contributed by atoms with Gasteiger partial charge in [-0.15, -0.1) is 0 Å². The summed E-state index contributed by atoms with van der Waals surface area (Å²) < 4.78 is 0. The molecule has 1 N–H and O–H groups in total. The van der Waals surface area contributed by atoms with E-state index in [1.54, 1.807) is 0 Å². The molecule has 0 heterocycles. The number of nitrogens with one attached hydrogen (secondary N) is 1. The van der Waals surface area contributed by atoms with Gasteiger partial charge in [-0.05, 0) is 6.04 Å². The van der Waals surface area contributed by atoms with Gasteiger partial charge >= 0.3 is 0 Å².